The zero-order valence-corrected chi connectivity index (χ0v) is 13.3. The molecule has 0 aliphatic rings. The first-order valence-electron chi connectivity index (χ1n) is 7.02. The molecule has 0 spiro atoms. The normalized spacial score (nSPS) is 11.4. The number of aliphatic imine (C=N–C) groups is 1. The number of hydrogen-bond acceptors (Lipinski definition) is 2. The molecular weight excluding hydrogens is 298 g/mol. The van der Waals surface area contributed by atoms with E-state index in [9.17, 15) is 4.79 Å². The molecule has 2 aromatic carbocycles. The largest absolute Gasteiger partial charge is 0.325 e. The Bertz CT molecular complexity index is 669. The van der Waals surface area contributed by atoms with Gasteiger partial charge in [-0.05, 0) is 38.1 Å². The lowest BCUT2D eigenvalue weighted by atomic mass is 10.2. The molecule has 0 heterocycles. The van der Waals surface area contributed by atoms with E-state index in [0.29, 0.717) is 22.2 Å². The highest BCUT2D eigenvalue weighted by atomic mass is 35.5. The number of hydrogen-bond donors (Lipinski definition) is 2. The van der Waals surface area contributed by atoms with Crippen molar-refractivity contribution in [3.05, 3.63) is 65.2 Å². The number of nitrogens with zero attached hydrogens (tertiary/aromatic N) is 1. The molecule has 2 rings (SSSR count). The van der Waals surface area contributed by atoms with Gasteiger partial charge in [-0.25, -0.2) is 4.99 Å². The second kappa shape index (κ2) is 7.61. The number of carbonyl (C=O) groups excluding carboxylic acids is 1. The third-order valence-electron chi connectivity index (χ3n) is 2.78. The van der Waals surface area contributed by atoms with E-state index in [1.807, 2.05) is 50.2 Å². The van der Waals surface area contributed by atoms with Crippen LogP contribution in [0.3, 0.4) is 0 Å². The van der Waals surface area contributed by atoms with Gasteiger partial charge in [-0.2, -0.15) is 0 Å². The van der Waals surface area contributed by atoms with E-state index in [1.54, 1.807) is 18.2 Å². The number of guanidine groups is 1. The monoisotopic (exact) mass is 315 g/mol. The lowest BCUT2D eigenvalue weighted by molar-refractivity contribution is 0.0977. The minimum Gasteiger partial charge on any atom is -0.325 e. The van der Waals surface area contributed by atoms with E-state index in [2.05, 4.69) is 15.6 Å². The van der Waals surface area contributed by atoms with Crippen LogP contribution >= 0.6 is 11.6 Å². The second-order valence-corrected chi connectivity index (χ2v) is 5.40. The number of carbonyl (C=O) groups is 1. The van der Waals surface area contributed by atoms with Gasteiger partial charge in [-0.3, -0.25) is 10.1 Å². The molecule has 0 radical (unpaired) electrons. The van der Waals surface area contributed by atoms with E-state index in [1.165, 1.54) is 0 Å². The molecule has 0 saturated carbocycles. The summed E-state index contributed by atoms with van der Waals surface area (Å²) in [7, 11) is 0. The Morgan fingerprint density at radius 1 is 1.05 bits per heavy atom. The van der Waals surface area contributed by atoms with Gasteiger partial charge >= 0.3 is 0 Å². The van der Waals surface area contributed by atoms with Gasteiger partial charge in [0.2, 0.25) is 5.96 Å². The molecule has 22 heavy (non-hydrogen) atoms. The van der Waals surface area contributed by atoms with Crippen LogP contribution < -0.4 is 10.6 Å². The summed E-state index contributed by atoms with van der Waals surface area (Å²) in [5.41, 5.74) is 1.26. The van der Waals surface area contributed by atoms with Crippen LogP contribution in [-0.2, 0) is 0 Å². The van der Waals surface area contributed by atoms with Crippen molar-refractivity contribution in [3.8, 4) is 0 Å². The standard InChI is InChI=1S/C17H18ClN3O/c1-12(2)19-17(20-15-11-7-6-10-14(15)18)21-16(22)13-8-4-3-5-9-13/h3-12H,1-2H3,(H2,19,20,21,22). The van der Waals surface area contributed by atoms with Crippen LogP contribution in [0.25, 0.3) is 0 Å². The number of para-hydroxylation sites is 1. The van der Waals surface area contributed by atoms with Crippen molar-refractivity contribution in [1.29, 1.82) is 0 Å². The maximum atomic E-state index is 12.2. The molecule has 0 aliphatic carbocycles. The Balaban J connectivity index is 2.17. The van der Waals surface area contributed by atoms with Gasteiger partial charge in [0.15, 0.2) is 0 Å². The van der Waals surface area contributed by atoms with Crippen molar-refractivity contribution >= 4 is 29.2 Å². The lowest BCUT2D eigenvalue weighted by Crippen LogP contribution is -2.36. The van der Waals surface area contributed by atoms with Crippen LogP contribution in [0.5, 0.6) is 0 Å². The van der Waals surface area contributed by atoms with Crippen LogP contribution in [0.4, 0.5) is 5.69 Å². The molecule has 0 aromatic heterocycles. The summed E-state index contributed by atoms with van der Waals surface area (Å²) < 4.78 is 0. The van der Waals surface area contributed by atoms with Crippen molar-refractivity contribution in [3.63, 3.8) is 0 Å². The van der Waals surface area contributed by atoms with E-state index in [0.717, 1.165) is 0 Å². The smallest absolute Gasteiger partial charge is 0.257 e. The van der Waals surface area contributed by atoms with Crippen LogP contribution in [-0.4, -0.2) is 17.9 Å². The highest BCUT2D eigenvalue weighted by Gasteiger charge is 2.10. The molecule has 2 N–H and O–H groups in total. The van der Waals surface area contributed by atoms with Crippen molar-refractivity contribution in [1.82, 2.24) is 5.32 Å². The van der Waals surface area contributed by atoms with Crippen LogP contribution in [0.2, 0.25) is 5.02 Å². The van der Waals surface area contributed by atoms with E-state index in [4.69, 9.17) is 11.6 Å². The van der Waals surface area contributed by atoms with Crippen molar-refractivity contribution in [2.24, 2.45) is 4.99 Å². The first kappa shape index (κ1) is 16.0. The summed E-state index contributed by atoms with van der Waals surface area (Å²) >= 11 is 6.13. The van der Waals surface area contributed by atoms with E-state index >= 15 is 0 Å². The highest BCUT2D eigenvalue weighted by molar-refractivity contribution is 6.33. The predicted octanol–water partition coefficient (Wildman–Crippen LogP) is 3.95. The number of halogens is 1. The maximum absolute atomic E-state index is 12.2. The molecule has 0 saturated heterocycles. The Morgan fingerprint density at radius 3 is 2.32 bits per heavy atom. The van der Waals surface area contributed by atoms with Crippen LogP contribution in [0, 0.1) is 0 Å². The Hall–Kier alpha value is -2.33. The molecule has 0 fully saturated rings. The van der Waals surface area contributed by atoms with E-state index < -0.39 is 0 Å². The second-order valence-electron chi connectivity index (χ2n) is 5.00. The predicted molar refractivity (Wildman–Crippen MR) is 91.6 cm³/mol. The zero-order chi connectivity index (χ0) is 15.9. The molecule has 0 atom stereocenters. The van der Waals surface area contributed by atoms with Gasteiger partial charge in [-0.1, -0.05) is 41.9 Å². The number of nitrogens with one attached hydrogen (secondary N) is 2. The summed E-state index contributed by atoms with van der Waals surface area (Å²) in [6, 6.07) is 16.3. The fourth-order valence-electron chi connectivity index (χ4n) is 1.81. The fourth-order valence-corrected chi connectivity index (χ4v) is 2.00. The number of benzene rings is 2. The van der Waals surface area contributed by atoms with Crippen LogP contribution in [0.1, 0.15) is 24.2 Å². The van der Waals surface area contributed by atoms with Gasteiger partial charge in [0, 0.05) is 11.6 Å². The lowest BCUT2D eigenvalue weighted by Gasteiger charge is -2.14. The Labute approximate surface area is 135 Å². The van der Waals surface area contributed by atoms with Crippen LogP contribution in [0.15, 0.2) is 59.6 Å². The van der Waals surface area contributed by atoms with Crippen molar-refractivity contribution in [2.75, 3.05) is 5.32 Å². The molecule has 1 amide bonds. The third-order valence-corrected chi connectivity index (χ3v) is 3.11. The number of rotatable bonds is 3. The average molecular weight is 316 g/mol. The SMILES string of the molecule is CC(C)N=C(NC(=O)c1ccccc1)Nc1ccccc1Cl. The molecule has 2 aromatic rings. The number of amides is 1. The Kier molecular flexibility index (Phi) is 5.55. The molecule has 0 aliphatic heterocycles. The molecule has 114 valence electrons. The van der Waals surface area contributed by atoms with E-state index in [-0.39, 0.29) is 11.9 Å². The molecule has 0 unspecified atom stereocenters. The molecule has 0 bridgehead atoms. The topological polar surface area (TPSA) is 53.5 Å². The summed E-state index contributed by atoms with van der Waals surface area (Å²) in [4.78, 5) is 16.6. The molecule has 4 nitrogen and oxygen atoms in total. The number of anilines is 1. The quantitative estimate of drug-likeness (QED) is 0.665. The summed E-state index contributed by atoms with van der Waals surface area (Å²) in [5, 5.41) is 6.41. The molecular formula is C17H18ClN3O. The minimum absolute atomic E-state index is 0.0288. The summed E-state index contributed by atoms with van der Waals surface area (Å²) in [6.45, 7) is 3.87. The minimum atomic E-state index is -0.223. The summed E-state index contributed by atoms with van der Waals surface area (Å²) in [6.07, 6.45) is 0. The van der Waals surface area contributed by atoms with Crippen molar-refractivity contribution in [2.45, 2.75) is 19.9 Å². The van der Waals surface area contributed by atoms with Crippen molar-refractivity contribution < 1.29 is 4.79 Å². The van der Waals surface area contributed by atoms with Gasteiger partial charge in [0.1, 0.15) is 0 Å². The Morgan fingerprint density at radius 2 is 1.68 bits per heavy atom. The zero-order valence-electron chi connectivity index (χ0n) is 12.5. The summed E-state index contributed by atoms with van der Waals surface area (Å²) in [5.74, 6) is 0.150. The van der Waals surface area contributed by atoms with Gasteiger partial charge < -0.3 is 5.32 Å². The van der Waals surface area contributed by atoms with Gasteiger partial charge in [0.05, 0.1) is 10.7 Å². The first-order valence-corrected chi connectivity index (χ1v) is 7.40. The average Bonchev–Trinajstić information content (AvgIpc) is 2.50. The third kappa shape index (κ3) is 4.60. The van der Waals surface area contributed by atoms with Gasteiger partial charge in [-0.15, -0.1) is 0 Å². The highest BCUT2D eigenvalue weighted by Crippen LogP contribution is 2.20. The first-order chi connectivity index (χ1) is 10.6. The fraction of sp³-hybridized carbons (Fsp3) is 0.176. The van der Waals surface area contributed by atoms with Gasteiger partial charge in [0.25, 0.3) is 5.91 Å². The molecule has 5 heteroatoms. The maximum Gasteiger partial charge on any atom is 0.257 e.